The minimum atomic E-state index is -0.528. The van der Waals surface area contributed by atoms with Crippen molar-refractivity contribution < 1.29 is 14.3 Å². The molecule has 0 spiro atoms. The number of anilines is 1. The highest BCUT2D eigenvalue weighted by molar-refractivity contribution is 6.30. The number of rotatable bonds is 4. The van der Waals surface area contributed by atoms with E-state index in [9.17, 15) is 4.79 Å². The van der Waals surface area contributed by atoms with Crippen LogP contribution in [0.25, 0.3) is 11.1 Å². The second kappa shape index (κ2) is 8.24. The zero-order chi connectivity index (χ0) is 22.3. The average molecular weight is 449 g/mol. The van der Waals surface area contributed by atoms with Crippen molar-refractivity contribution in [3.05, 3.63) is 88.9 Å². The Kier molecular flexibility index (Phi) is 5.41. The largest absolute Gasteiger partial charge is 0.465 e. The zero-order valence-electron chi connectivity index (χ0n) is 18.1. The van der Waals surface area contributed by atoms with Crippen molar-refractivity contribution in [3.8, 4) is 11.1 Å². The molecule has 164 valence electrons. The van der Waals surface area contributed by atoms with E-state index in [1.54, 1.807) is 6.07 Å². The quantitative estimate of drug-likeness (QED) is 0.502. The fourth-order valence-electron chi connectivity index (χ4n) is 4.76. The lowest BCUT2D eigenvalue weighted by Gasteiger charge is -2.36. The Morgan fingerprint density at radius 1 is 1.03 bits per heavy atom. The number of nitrogens with zero attached hydrogens (tertiary/aromatic N) is 2. The molecule has 3 aromatic carbocycles. The van der Waals surface area contributed by atoms with Gasteiger partial charge in [-0.3, -0.25) is 4.90 Å². The first-order chi connectivity index (χ1) is 15.5. The number of hydrogen-bond donors (Lipinski definition) is 0. The van der Waals surface area contributed by atoms with Crippen LogP contribution in [0.4, 0.5) is 5.69 Å². The molecule has 0 aliphatic carbocycles. The molecule has 2 aliphatic rings. The van der Waals surface area contributed by atoms with E-state index in [0.717, 1.165) is 47.0 Å². The van der Waals surface area contributed by atoms with E-state index in [0.29, 0.717) is 5.56 Å². The fourth-order valence-corrected chi connectivity index (χ4v) is 4.96. The molecule has 2 unspecified atom stereocenters. The first-order valence-corrected chi connectivity index (χ1v) is 11.1. The monoisotopic (exact) mass is 448 g/mol. The third-order valence-corrected chi connectivity index (χ3v) is 6.66. The molecule has 2 heterocycles. The minimum absolute atomic E-state index is 0.0265. The van der Waals surface area contributed by atoms with Crippen molar-refractivity contribution >= 4 is 23.3 Å². The Hall–Kier alpha value is -2.86. The van der Waals surface area contributed by atoms with Gasteiger partial charge in [0.15, 0.2) is 5.85 Å². The van der Waals surface area contributed by atoms with Gasteiger partial charge in [-0.2, -0.15) is 0 Å². The summed E-state index contributed by atoms with van der Waals surface area (Å²) in [6, 6.07) is 23.8. The number of benzene rings is 3. The van der Waals surface area contributed by atoms with Crippen LogP contribution >= 0.6 is 11.6 Å². The van der Waals surface area contributed by atoms with E-state index in [-0.39, 0.29) is 12.1 Å². The van der Waals surface area contributed by atoms with Crippen molar-refractivity contribution in [2.75, 3.05) is 31.6 Å². The van der Waals surface area contributed by atoms with Crippen LogP contribution in [0.1, 0.15) is 28.9 Å². The molecule has 2 saturated heterocycles. The highest BCUT2D eigenvalue weighted by Crippen LogP contribution is 2.44. The van der Waals surface area contributed by atoms with Crippen LogP contribution < -0.4 is 4.90 Å². The van der Waals surface area contributed by atoms with Crippen molar-refractivity contribution in [3.63, 3.8) is 0 Å². The van der Waals surface area contributed by atoms with Gasteiger partial charge in [-0.1, -0.05) is 48.0 Å². The molecule has 0 amide bonds. The van der Waals surface area contributed by atoms with E-state index in [1.165, 1.54) is 7.11 Å². The molecule has 0 N–H and O–H groups in total. The summed E-state index contributed by atoms with van der Waals surface area (Å²) in [7, 11) is 1.40. The Balaban J connectivity index is 1.43. The van der Waals surface area contributed by atoms with Gasteiger partial charge in [0.1, 0.15) is 0 Å². The Bertz CT molecular complexity index is 1170. The van der Waals surface area contributed by atoms with Crippen molar-refractivity contribution in [2.45, 2.75) is 18.9 Å². The summed E-state index contributed by atoms with van der Waals surface area (Å²) < 4.78 is 11.5. The molecular weight excluding hydrogens is 424 g/mol. The smallest absolute Gasteiger partial charge is 0.337 e. The van der Waals surface area contributed by atoms with Gasteiger partial charge in [0.2, 0.25) is 0 Å². The first-order valence-electron chi connectivity index (χ1n) is 10.7. The topological polar surface area (TPSA) is 42.0 Å². The number of carbonyl (C=O) groups is 1. The summed E-state index contributed by atoms with van der Waals surface area (Å²) in [5.74, 6) is -0.864. The summed E-state index contributed by atoms with van der Waals surface area (Å²) in [5.41, 5.74) is 4.74. The number of hydrogen-bond acceptors (Lipinski definition) is 5. The summed E-state index contributed by atoms with van der Waals surface area (Å²) in [6.07, 6.45) is -0.0265. The van der Waals surface area contributed by atoms with Crippen molar-refractivity contribution in [1.82, 2.24) is 4.90 Å². The first kappa shape index (κ1) is 21.0. The maximum absolute atomic E-state index is 11.9. The van der Waals surface area contributed by atoms with Gasteiger partial charge in [0, 0.05) is 30.3 Å². The number of esters is 1. The molecule has 5 rings (SSSR count). The van der Waals surface area contributed by atoms with E-state index in [1.807, 2.05) is 42.5 Å². The molecule has 0 saturated carbocycles. The molecule has 0 bridgehead atoms. The second-order valence-corrected chi connectivity index (χ2v) is 8.75. The van der Waals surface area contributed by atoms with Crippen LogP contribution in [0.5, 0.6) is 0 Å². The van der Waals surface area contributed by atoms with Gasteiger partial charge in [0.05, 0.1) is 18.8 Å². The Labute approximate surface area is 193 Å². The maximum Gasteiger partial charge on any atom is 0.337 e. The molecule has 2 fully saturated rings. The van der Waals surface area contributed by atoms with Crippen LogP contribution in [-0.2, 0) is 9.47 Å². The van der Waals surface area contributed by atoms with E-state index in [2.05, 4.69) is 41.0 Å². The maximum atomic E-state index is 11.9. The molecular formula is C26H25ClN2O3. The predicted molar refractivity (Wildman–Crippen MR) is 126 cm³/mol. The molecule has 6 heteroatoms. The molecule has 3 aromatic rings. The molecule has 2 atom stereocenters. The van der Waals surface area contributed by atoms with Crippen LogP contribution in [0.15, 0.2) is 72.8 Å². The van der Waals surface area contributed by atoms with Crippen LogP contribution in [0.2, 0.25) is 5.02 Å². The Morgan fingerprint density at radius 3 is 2.56 bits per heavy atom. The molecule has 32 heavy (non-hydrogen) atoms. The SMILES string of the molecule is COC(=O)c1cccc(-c2cccc(N3CCN4CC(c5cccc(Cl)c5)OC43C)c2)c1. The van der Waals surface area contributed by atoms with Gasteiger partial charge in [-0.15, -0.1) is 0 Å². The fraction of sp³-hybridized carbons (Fsp3) is 0.269. The lowest BCUT2D eigenvalue weighted by atomic mass is 10.0. The standard InChI is InChI=1S/C26H25ClN2O3/c1-26-28(17-24(32-26)20-8-4-10-22(27)15-20)12-13-29(26)23-11-5-7-19(16-23)18-6-3-9-21(14-18)25(30)31-2/h3-11,14-16,24H,12-13,17H2,1-2H3. The molecule has 0 radical (unpaired) electrons. The van der Waals surface area contributed by atoms with Crippen molar-refractivity contribution in [2.24, 2.45) is 0 Å². The minimum Gasteiger partial charge on any atom is -0.465 e. The number of carbonyl (C=O) groups excluding carboxylic acids is 1. The lowest BCUT2D eigenvalue weighted by Crippen LogP contribution is -2.48. The highest BCUT2D eigenvalue weighted by Gasteiger charge is 2.51. The summed E-state index contributed by atoms with van der Waals surface area (Å²) >= 11 is 6.21. The number of methoxy groups -OCH3 is 1. The molecule has 2 aliphatic heterocycles. The summed E-state index contributed by atoms with van der Waals surface area (Å²) in [6.45, 7) is 4.77. The molecule has 5 nitrogen and oxygen atoms in total. The number of ether oxygens (including phenoxy) is 2. The van der Waals surface area contributed by atoms with Crippen LogP contribution in [-0.4, -0.2) is 43.5 Å². The third-order valence-electron chi connectivity index (χ3n) is 6.43. The van der Waals surface area contributed by atoms with Gasteiger partial charge >= 0.3 is 5.97 Å². The van der Waals surface area contributed by atoms with Gasteiger partial charge in [0.25, 0.3) is 0 Å². The summed E-state index contributed by atoms with van der Waals surface area (Å²) in [5, 5.41) is 0.724. The lowest BCUT2D eigenvalue weighted by molar-refractivity contribution is -0.0691. The van der Waals surface area contributed by atoms with E-state index < -0.39 is 5.85 Å². The number of fused-ring (bicyclic) bond motifs is 1. The zero-order valence-corrected chi connectivity index (χ0v) is 18.9. The third kappa shape index (κ3) is 3.66. The van der Waals surface area contributed by atoms with Crippen molar-refractivity contribution in [1.29, 1.82) is 0 Å². The molecule has 0 aromatic heterocycles. The normalized spacial score (nSPS) is 22.7. The average Bonchev–Trinajstić information content (AvgIpc) is 3.32. The Morgan fingerprint density at radius 2 is 1.78 bits per heavy atom. The highest BCUT2D eigenvalue weighted by atomic mass is 35.5. The second-order valence-electron chi connectivity index (χ2n) is 8.32. The predicted octanol–water partition coefficient (Wildman–Crippen LogP) is 5.36. The summed E-state index contributed by atoms with van der Waals surface area (Å²) in [4.78, 5) is 16.6. The number of halogens is 1. The van der Waals surface area contributed by atoms with Crippen LogP contribution in [0, 0.1) is 0 Å². The van der Waals surface area contributed by atoms with Gasteiger partial charge in [-0.05, 0) is 60.0 Å². The van der Waals surface area contributed by atoms with E-state index in [4.69, 9.17) is 21.1 Å². The van der Waals surface area contributed by atoms with Gasteiger partial charge in [-0.25, -0.2) is 4.79 Å². The van der Waals surface area contributed by atoms with E-state index >= 15 is 0 Å². The van der Waals surface area contributed by atoms with Crippen LogP contribution in [0.3, 0.4) is 0 Å². The van der Waals surface area contributed by atoms with Gasteiger partial charge < -0.3 is 14.4 Å².